The van der Waals surface area contributed by atoms with E-state index < -0.39 is 9.84 Å². The summed E-state index contributed by atoms with van der Waals surface area (Å²) in [7, 11) is -3.67. The summed E-state index contributed by atoms with van der Waals surface area (Å²) >= 11 is 0. The third-order valence-electron chi connectivity index (χ3n) is 3.18. The van der Waals surface area contributed by atoms with Crippen LogP contribution < -0.4 is 0 Å². The van der Waals surface area contributed by atoms with Crippen molar-refractivity contribution >= 4 is 15.5 Å². The van der Waals surface area contributed by atoms with Crippen molar-refractivity contribution in [1.29, 1.82) is 5.26 Å². The highest BCUT2D eigenvalue weighted by molar-refractivity contribution is 7.90. The number of hydrogen-bond donors (Lipinski definition) is 0. The maximum Gasteiger partial charge on any atom is 0.194 e. The Hall–Kier alpha value is -2.79. The van der Waals surface area contributed by atoms with Gasteiger partial charge in [-0.15, -0.1) is 10.2 Å². The van der Waals surface area contributed by atoms with E-state index in [-0.39, 0.29) is 16.2 Å². The summed E-state index contributed by atoms with van der Waals surface area (Å²) in [4.78, 5) is 4.22. The Kier molecular flexibility index (Phi) is 3.15. The first kappa shape index (κ1) is 14.2. The molecule has 0 saturated heterocycles. The zero-order valence-corrected chi connectivity index (χ0v) is 12.7. The fraction of sp³-hybridized carbons (Fsp3) is 0.143. The maximum atomic E-state index is 12.0. The van der Waals surface area contributed by atoms with Gasteiger partial charge in [0.1, 0.15) is 23.3 Å². The van der Waals surface area contributed by atoms with E-state index in [4.69, 9.17) is 0 Å². The van der Waals surface area contributed by atoms with Crippen molar-refractivity contribution in [2.45, 2.75) is 11.9 Å². The van der Waals surface area contributed by atoms with Crippen LogP contribution in [0, 0.1) is 18.3 Å². The first-order valence-electron chi connectivity index (χ1n) is 6.35. The lowest BCUT2D eigenvalue weighted by atomic mass is 10.2. The predicted molar refractivity (Wildman–Crippen MR) is 78.8 cm³/mol. The van der Waals surface area contributed by atoms with E-state index in [2.05, 4.69) is 15.2 Å². The van der Waals surface area contributed by atoms with Crippen LogP contribution in [0.4, 0.5) is 0 Å². The van der Waals surface area contributed by atoms with E-state index in [9.17, 15) is 13.7 Å². The molecule has 0 spiro atoms. The minimum Gasteiger partial charge on any atom is -0.261 e. The number of benzene rings is 1. The number of fused-ring (bicyclic) bond motifs is 1. The van der Waals surface area contributed by atoms with Gasteiger partial charge in [-0.25, -0.2) is 13.4 Å². The highest BCUT2D eigenvalue weighted by Crippen LogP contribution is 2.25. The second kappa shape index (κ2) is 4.89. The molecule has 0 atom stereocenters. The Morgan fingerprint density at radius 2 is 1.86 bits per heavy atom. The lowest BCUT2D eigenvalue weighted by Crippen LogP contribution is -2.10. The average Bonchev–Trinajstić information content (AvgIpc) is 2.88. The average molecular weight is 313 g/mol. The fourth-order valence-corrected chi connectivity index (χ4v) is 2.98. The van der Waals surface area contributed by atoms with Gasteiger partial charge in [-0.3, -0.25) is 4.40 Å². The van der Waals surface area contributed by atoms with Crippen LogP contribution in [0.2, 0.25) is 0 Å². The van der Waals surface area contributed by atoms with E-state index in [1.165, 1.54) is 0 Å². The van der Waals surface area contributed by atoms with E-state index in [1.54, 1.807) is 23.5 Å². The Morgan fingerprint density at radius 1 is 1.18 bits per heavy atom. The summed E-state index contributed by atoms with van der Waals surface area (Å²) in [5, 5.41) is 16.9. The van der Waals surface area contributed by atoms with Gasteiger partial charge in [0.15, 0.2) is 20.5 Å². The van der Waals surface area contributed by atoms with E-state index in [0.717, 1.165) is 6.26 Å². The molecule has 0 N–H and O–H groups in total. The number of hydrogen-bond acceptors (Lipinski definition) is 6. The zero-order valence-electron chi connectivity index (χ0n) is 11.8. The van der Waals surface area contributed by atoms with Crippen LogP contribution in [-0.2, 0) is 9.84 Å². The number of rotatable bonds is 2. The second-order valence-corrected chi connectivity index (χ2v) is 6.70. The lowest BCUT2D eigenvalue weighted by Gasteiger charge is -2.09. The first-order valence-corrected chi connectivity index (χ1v) is 8.24. The van der Waals surface area contributed by atoms with Crippen LogP contribution in [0.5, 0.6) is 0 Å². The number of aromatic nitrogens is 4. The topological polar surface area (TPSA) is 101 Å². The van der Waals surface area contributed by atoms with E-state index >= 15 is 0 Å². The summed E-state index contributed by atoms with van der Waals surface area (Å²) in [5.41, 5.74) is 0.807. The first-order chi connectivity index (χ1) is 10.4. The zero-order chi connectivity index (χ0) is 15.9. The van der Waals surface area contributed by atoms with Gasteiger partial charge in [0.25, 0.3) is 0 Å². The molecule has 22 heavy (non-hydrogen) atoms. The summed E-state index contributed by atoms with van der Waals surface area (Å²) in [6.07, 6.45) is 1.02. The van der Waals surface area contributed by atoms with Crippen molar-refractivity contribution < 1.29 is 8.42 Å². The van der Waals surface area contributed by atoms with Gasteiger partial charge in [0.2, 0.25) is 0 Å². The molecule has 2 aromatic heterocycles. The van der Waals surface area contributed by atoms with Gasteiger partial charge in [0.05, 0.1) is 0 Å². The van der Waals surface area contributed by atoms with Crippen LogP contribution >= 0.6 is 0 Å². The van der Waals surface area contributed by atoms with Gasteiger partial charge < -0.3 is 0 Å². The Bertz CT molecular complexity index is 1020. The van der Waals surface area contributed by atoms with Crippen molar-refractivity contribution in [1.82, 2.24) is 19.6 Å². The molecule has 3 rings (SSSR count). The van der Waals surface area contributed by atoms with Crippen LogP contribution in [-0.4, -0.2) is 34.3 Å². The molecule has 3 aromatic rings. The van der Waals surface area contributed by atoms with Gasteiger partial charge in [-0.2, -0.15) is 5.26 Å². The molecule has 0 amide bonds. The Morgan fingerprint density at radius 3 is 2.45 bits per heavy atom. The normalized spacial score (nSPS) is 11.5. The Labute approximate surface area is 126 Å². The van der Waals surface area contributed by atoms with Crippen LogP contribution in [0.15, 0.2) is 35.4 Å². The van der Waals surface area contributed by atoms with Gasteiger partial charge in [0, 0.05) is 11.8 Å². The molecule has 0 aliphatic heterocycles. The molecule has 0 fully saturated rings. The molecule has 0 bridgehead atoms. The molecule has 7 nitrogen and oxygen atoms in total. The second-order valence-electron chi connectivity index (χ2n) is 4.77. The molecule has 1 aromatic carbocycles. The maximum absolute atomic E-state index is 12.0. The highest BCUT2D eigenvalue weighted by Gasteiger charge is 2.24. The standard InChI is InChI=1S/C14H11N5O2S/c1-9-17-18-13-11(8-15)14(22(2,20)21)16-12(19(9)13)10-6-4-3-5-7-10/h3-7H,1-2H3. The van der Waals surface area contributed by atoms with Crippen molar-refractivity contribution in [3.05, 3.63) is 41.7 Å². The number of nitrogens with zero attached hydrogens (tertiary/aromatic N) is 5. The summed E-state index contributed by atoms with van der Waals surface area (Å²) in [6, 6.07) is 11.0. The number of nitriles is 1. The summed E-state index contributed by atoms with van der Waals surface area (Å²) in [6.45, 7) is 1.72. The summed E-state index contributed by atoms with van der Waals surface area (Å²) < 4.78 is 25.5. The predicted octanol–water partition coefficient (Wildman–Crippen LogP) is 1.37. The SMILES string of the molecule is Cc1nnc2c(C#N)c(S(C)(=O)=O)nc(-c3ccccc3)n12. The monoisotopic (exact) mass is 313 g/mol. The van der Waals surface area contributed by atoms with E-state index in [0.29, 0.717) is 17.2 Å². The quantitative estimate of drug-likeness (QED) is 0.662. The largest absolute Gasteiger partial charge is 0.261 e. The third kappa shape index (κ3) is 2.12. The lowest BCUT2D eigenvalue weighted by molar-refractivity contribution is 0.597. The molecule has 0 radical (unpaired) electrons. The smallest absolute Gasteiger partial charge is 0.194 e. The molecular formula is C14H11N5O2S. The summed E-state index contributed by atoms with van der Waals surface area (Å²) in [5.74, 6) is 0.912. The number of sulfone groups is 1. The van der Waals surface area contributed by atoms with E-state index in [1.807, 2.05) is 24.3 Å². The minimum absolute atomic E-state index is 0.0946. The number of aryl methyl sites for hydroxylation is 1. The van der Waals surface area contributed by atoms with Gasteiger partial charge in [-0.05, 0) is 6.92 Å². The molecular weight excluding hydrogens is 302 g/mol. The fourth-order valence-electron chi connectivity index (χ4n) is 2.22. The van der Waals surface area contributed by atoms with Crippen LogP contribution in [0.1, 0.15) is 11.4 Å². The third-order valence-corrected chi connectivity index (χ3v) is 4.17. The molecule has 110 valence electrons. The Balaban J connectivity index is 2.53. The van der Waals surface area contributed by atoms with Crippen LogP contribution in [0.25, 0.3) is 17.0 Å². The van der Waals surface area contributed by atoms with Gasteiger partial charge in [-0.1, -0.05) is 30.3 Å². The van der Waals surface area contributed by atoms with Gasteiger partial charge >= 0.3 is 0 Å². The molecule has 0 unspecified atom stereocenters. The van der Waals surface area contributed by atoms with Crippen LogP contribution in [0.3, 0.4) is 0 Å². The molecule has 8 heteroatoms. The van der Waals surface area contributed by atoms with Crippen molar-refractivity contribution in [2.24, 2.45) is 0 Å². The molecule has 2 heterocycles. The molecule has 0 aliphatic carbocycles. The minimum atomic E-state index is -3.67. The highest BCUT2D eigenvalue weighted by atomic mass is 32.2. The van der Waals surface area contributed by atoms with Crippen molar-refractivity contribution in [3.63, 3.8) is 0 Å². The molecule has 0 aliphatic rings. The van der Waals surface area contributed by atoms with Crippen molar-refractivity contribution in [3.8, 4) is 17.5 Å². The molecule has 0 saturated carbocycles. The van der Waals surface area contributed by atoms with Crippen molar-refractivity contribution in [2.75, 3.05) is 6.26 Å².